The molecule has 0 N–H and O–H groups in total. The van der Waals surface area contributed by atoms with Crippen molar-refractivity contribution in [2.45, 2.75) is 17.7 Å². The minimum atomic E-state index is 1.25. The van der Waals surface area contributed by atoms with Gasteiger partial charge in [0.1, 0.15) is 0 Å². The van der Waals surface area contributed by atoms with Crippen molar-refractivity contribution in [2.75, 3.05) is 17.8 Å². The summed E-state index contributed by atoms with van der Waals surface area (Å²) >= 11 is 3.90. The molecule has 0 bridgehead atoms. The number of hydrogen-bond acceptors (Lipinski definition) is 2. The van der Waals surface area contributed by atoms with Crippen LogP contribution in [0, 0.1) is 0 Å². The first-order valence-electron chi connectivity index (χ1n) is 4.60. The van der Waals surface area contributed by atoms with Crippen molar-refractivity contribution in [2.24, 2.45) is 0 Å². The summed E-state index contributed by atoms with van der Waals surface area (Å²) in [6, 6.07) is 10.6. The highest BCUT2D eigenvalue weighted by Gasteiger charge is 1.92. The lowest BCUT2D eigenvalue weighted by molar-refractivity contribution is 0.908. The highest BCUT2D eigenvalue weighted by Crippen LogP contribution is 2.18. The van der Waals surface area contributed by atoms with Crippen LogP contribution in [0.25, 0.3) is 0 Å². The van der Waals surface area contributed by atoms with Crippen LogP contribution in [0.1, 0.15) is 12.8 Å². The summed E-state index contributed by atoms with van der Waals surface area (Å²) in [4.78, 5) is 1.40. The van der Waals surface area contributed by atoms with E-state index in [-0.39, 0.29) is 0 Å². The van der Waals surface area contributed by atoms with E-state index in [1.807, 2.05) is 23.5 Å². The molecule has 0 aliphatic heterocycles. The number of benzene rings is 1. The molecule has 0 aromatic heterocycles. The molecule has 0 aliphatic rings. The first kappa shape index (κ1) is 11.0. The molecule has 0 heterocycles. The Bertz CT molecular complexity index is 209. The Morgan fingerprint density at radius 3 is 2.38 bits per heavy atom. The van der Waals surface area contributed by atoms with Crippen molar-refractivity contribution >= 4 is 23.5 Å². The van der Waals surface area contributed by atoms with Gasteiger partial charge < -0.3 is 0 Å². The zero-order valence-electron chi connectivity index (χ0n) is 8.03. The van der Waals surface area contributed by atoms with Crippen molar-refractivity contribution in [3.8, 4) is 0 Å². The fraction of sp³-hybridized carbons (Fsp3) is 0.455. The maximum atomic E-state index is 2.18. The van der Waals surface area contributed by atoms with Crippen LogP contribution in [-0.2, 0) is 0 Å². The molecule has 0 spiro atoms. The van der Waals surface area contributed by atoms with Gasteiger partial charge in [0.2, 0.25) is 0 Å². The monoisotopic (exact) mass is 212 g/mol. The molecule has 72 valence electrons. The standard InChI is InChI=1S/C11H16S2/c1-12-9-5-6-10-13-11-7-3-2-4-8-11/h2-4,7-8H,5-6,9-10H2,1H3. The normalized spacial score (nSPS) is 10.2. The van der Waals surface area contributed by atoms with Crippen LogP contribution < -0.4 is 0 Å². The zero-order chi connectivity index (χ0) is 9.36. The Kier molecular flexibility index (Phi) is 6.21. The minimum absolute atomic E-state index is 1.25. The lowest BCUT2D eigenvalue weighted by atomic mass is 10.4. The predicted molar refractivity (Wildman–Crippen MR) is 64.8 cm³/mol. The quantitative estimate of drug-likeness (QED) is 0.518. The molecule has 0 aliphatic carbocycles. The van der Waals surface area contributed by atoms with E-state index >= 15 is 0 Å². The molecule has 0 saturated heterocycles. The van der Waals surface area contributed by atoms with E-state index in [1.54, 1.807) is 0 Å². The molecule has 1 rings (SSSR count). The van der Waals surface area contributed by atoms with Crippen LogP contribution in [-0.4, -0.2) is 17.8 Å². The highest BCUT2D eigenvalue weighted by atomic mass is 32.2. The maximum Gasteiger partial charge on any atom is 0.00719 e. The van der Waals surface area contributed by atoms with Gasteiger partial charge in [-0.1, -0.05) is 18.2 Å². The SMILES string of the molecule is CSCCCCSc1ccccc1. The lowest BCUT2D eigenvalue weighted by Gasteiger charge is -2.00. The fourth-order valence-corrected chi connectivity index (χ4v) is 2.48. The molecule has 0 saturated carbocycles. The van der Waals surface area contributed by atoms with Crippen molar-refractivity contribution in [3.05, 3.63) is 30.3 Å². The molecule has 1 aromatic rings. The van der Waals surface area contributed by atoms with Gasteiger partial charge in [-0.3, -0.25) is 0 Å². The molecular weight excluding hydrogens is 196 g/mol. The van der Waals surface area contributed by atoms with Gasteiger partial charge in [-0.05, 0) is 42.7 Å². The molecule has 0 nitrogen and oxygen atoms in total. The predicted octanol–water partition coefficient (Wildman–Crippen LogP) is 3.92. The lowest BCUT2D eigenvalue weighted by Crippen LogP contribution is -1.82. The molecule has 0 unspecified atom stereocenters. The second-order valence-electron chi connectivity index (χ2n) is 2.86. The highest BCUT2D eigenvalue weighted by molar-refractivity contribution is 7.99. The minimum Gasteiger partial charge on any atom is -0.165 e. The van der Waals surface area contributed by atoms with Crippen LogP contribution in [0.4, 0.5) is 0 Å². The zero-order valence-corrected chi connectivity index (χ0v) is 9.66. The van der Waals surface area contributed by atoms with E-state index in [9.17, 15) is 0 Å². The van der Waals surface area contributed by atoms with Crippen molar-refractivity contribution < 1.29 is 0 Å². The molecule has 1 aromatic carbocycles. The van der Waals surface area contributed by atoms with Crippen molar-refractivity contribution in [1.82, 2.24) is 0 Å². The number of thioether (sulfide) groups is 2. The van der Waals surface area contributed by atoms with Crippen LogP contribution >= 0.6 is 23.5 Å². The van der Waals surface area contributed by atoms with Crippen molar-refractivity contribution in [3.63, 3.8) is 0 Å². The van der Waals surface area contributed by atoms with Gasteiger partial charge in [-0.2, -0.15) is 11.8 Å². The van der Waals surface area contributed by atoms with Gasteiger partial charge in [0.05, 0.1) is 0 Å². The summed E-state index contributed by atoms with van der Waals surface area (Å²) in [7, 11) is 0. The molecule has 0 atom stereocenters. The molecule has 0 radical (unpaired) electrons. The second-order valence-corrected chi connectivity index (χ2v) is 5.02. The van der Waals surface area contributed by atoms with Gasteiger partial charge >= 0.3 is 0 Å². The van der Waals surface area contributed by atoms with E-state index in [0.29, 0.717) is 0 Å². The first-order chi connectivity index (χ1) is 6.43. The van der Waals surface area contributed by atoms with Gasteiger partial charge in [-0.15, -0.1) is 11.8 Å². The molecule has 0 amide bonds. The van der Waals surface area contributed by atoms with Crippen molar-refractivity contribution in [1.29, 1.82) is 0 Å². The summed E-state index contributed by atoms with van der Waals surface area (Å²) in [5.74, 6) is 2.56. The van der Waals surface area contributed by atoms with E-state index in [0.717, 1.165) is 0 Å². The topological polar surface area (TPSA) is 0 Å². The third-order valence-electron chi connectivity index (χ3n) is 1.75. The van der Waals surface area contributed by atoms with Gasteiger partial charge in [-0.25, -0.2) is 0 Å². The maximum absolute atomic E-state index is 2.18. The van der Waals surface area contributed by atoms with Crippen LogP contribution in [0.15, 0.2) is 35.2 Å². The van der Waals surface area contributed by atoms with Gasteiger partial charge in [0.15, 0.2) is 0 Å². The summed E-state index contributed by atoms with van der Waals surface area (Å²) in [5.41, 5.74) is 0. The molecule has 13 heavy (non-hydrogen) atoms. The van der Waals surface area contributed by atoms with E-state index in [1.165, 1.54) is 29.2 Å². The Hall–Kier alpha value is -0.0800. The average molecular weight is 212 g/mol. The molecule has 0 fully saturated rings. The summed E-state index contributed by atoms with van der Waals surface area (Å²) in [6.07, 6.45) is 4.85. The Balaban J connectivity index is 2.07. The number of unbranched alkanes of at least 4 members (excludes halogenated alkanes) is 1. The summed E-state index contributed by atoms with van der Waals surface area (Å²) < 4.78 is 0. The third-order valence-corrected chi connectivity index (χ3v) is 3.55. The van der Waals surface area contributed by atoms with Crippen LogP contribution in [0.5, 0.6) is 0 Å². The Morgan fingerprint density at radius 2 is 1.69 bits per heavy atom. The largest absolute Gasteiger partial charge is 0.165 e. The fourth-order valence-electron chi connectivity index (χ4n) is 1.06. The number of hydrogen-bond donors (Lipinski definition) is 0. The van der Waals surface area contributed by atoms with Crippen LogP contribution in [0.3, 0.4) is 0 Å². The van der Waals surface area contributed by atoms with E-state index in [4.69, 9.17) is 0 Å². The third kappa shape index (κ3) is 5.27. The summed E-state index contributed by atoms with van der Waals surface area (Å²) in [5, 5.41) is 0. The summed E-state index contributed by atoms with van der Waals surface area (Å²) in [6.45, 7) is 0. The molecule has 2 heteroatoms. The Morgan fingerprint density at radius 1 is 1.00 bits per heavy atom. The van der Waals surface area contributed by atoms with E-state index < -0.39 is 0 Å². The first-order valence-corrected chi connectivity index (χ1v) is 6.98. The second kappa shape index (κ2) is 7.34. The van der Waals surface area contributed by atoms with Gasteiger partial charge in [0, 0.05) is 4.90 Å². The molecular formula is C11H16S2. The van der Waals surface area contributed by atoms with E-state index in [2.05, 4.69) is 36.6 Å². The van der Waals surface area contributed by atoms with Gasteiger partial charge in [0.25, 0.3) is 0 Å². The average Bonchev–Trinajstić information content (AvgIpc) is 2.19. The number of rotatable bonds is 6. The smallest absolute Gasteiger partial charge is 0.00719 e. The van der Waals surface area contributed by atoms with Crippen LogP contribution in [0.2, 0.25) is 0 Å². The Labute approximate surface area is 89.5 Å².